The number of aryl methyl sites for hydroxylation is 2. The first-order chi connectivity index (χ1) is 15.0. The second-order valence-electron chi connectivity index (χ2n) is 6.82. The summed E-state index contributed by atoms with van der Waals surface area (Å²) in [5.41, 5.74) is 10.4. The number of ether oxygens (including phenoxy) is 1. The van der Waals surface area contributed by atoms with Gasteiger partial charge in [-0.1, -0.05) is 35.5 Å². The van der Waals surface area contributed by atoms with Gasteiger partial charge in [-0.05, 0) is 26.0 Å². The lowest BCUT2D eigenvalue weighted by Gasteiger charge is -2.14. The van der Waals surface area contributed by atoms with E-state index in [1.165, 1.54) is 11.8 Å². The first-order valence-electron chi connectivity index (χ1n) is 9.44. The largest absolute Gasteiger partial charge is 0.487 e. The second kappa shape index (κ2) is 9.21. The minimum Gasteiger partial charge on any atom is -0.487 e. The highest BCUT2D eigenvalue weighted by Crippen LogP contribution is 2.36. The Balaban J connectivity index is 1.68. The van der Waals surface area contributed by atoms with Gasteiger partial charge >= 0.3 is 0 Å². The lowest BCUT2D eigenvalue weighted by molar-refractivity contribution is 0.306. The highest BCUT2D eigenvalue weighted by atomic mass is 35.5. The van der Waals surface area contributed by atoms with E-state index in [-0.39, 0.29) is 6.61 Å². The topological polar surface area (TPSA) is 86.3 Å². The third kappa shape index (κ3) is 4.66. The van der Waals surface area contributed by atoms with Gasteiger partial charge in [-0.2, -0.15) is 0 Å². The van der Waals surface area contributed by atoms with Gasteiger partial charge in [-0.25, -0.2) is 9.97 Å². The molecule has 0 aliphatic carbocycles. The maximum Gasteiger partial charge on any atom is 0.154 e. The van der Waals surface area contributed by atoms with Gasteiger partial charge in [0.25, 0.3) is 0 Å². The zero-order valence-corrected chi connectivity index (χ0v) is 19.6. The third-order valence-electron chi connectivity index (χ3n) is 4.58. The molecule has 0 fully saturated rings. The van der Waals surface area contributed by atoms with Crippen LogP contribution in [0.1, 0.15) is 22.5 Å². The van der Waals surface area contributed by atoms with Crippen molar-refractivity contribution in [2.24, 2.45) is 10.7 Å². The number of pyridine rings is 2. The average molecular weight is 470 g/mol. The molecule has 0 atom stereocenters. The molecule has 31 heavy (non-hydrogen) atoms. The van der Waals surface area contributed by atoms with Crippen molar-refractivity contribution in [3.05, 3.63) is 69.6 Å². The third-order valence-corrected chi connectivity index (χ3v) is 7.03. The molecule has 0 aliphatic rings. The summed E-state index contributed by atoms with van der Waals surface area (Å²) < 4.78 is 7.14. The van der Waals surface area contributed by atoms with E-state index in [0.717, 1.165) is 42.7 Å². The molecule has 3 heterocycles. The van der Waals surface area contributed by atoms with E-state index < -0.39 is 0 Å². The molecule has 3 aromatic heterocycles. The standard InChI is InChI=1S/C22H20ClN5OS2/c1-12-7-15(21(24)25-3)14-5-4-6-18(20(14)27-12)29-10-16-17(23)8-26-9-19(16)31-22-28-13(2)11-30-22/h4-9,11H,10H2,1-3H3,(H2,24,25). The van der Waals surface area contributed by atoms with Gasteiger partial charge in [0.15, 0.2) is 4.34 Å². The van der Waals surface area contributed by atoms with Gasteiger partial charge in [0.2, 0.25) is 0 Å². The van der Waals surface area contributed by atoms with Crippen LogP contribution in [0.25, 0.3) is 10.9 Å². The lowest BCUT2D eigenvalue weighted by Crippen LogP contribution is -2.14. The van der Waals surface area contributed by atoms with Gasteiger partial charge in [0.1, 0.15) is 23.7 Å². The molecule has 0 unspecified atom stereocenters. The Morgan fingerprint density at radius 1 is 1.23 bits per heavy atom. The number of aliphatic imine (C=N–C) groups is 1. The van der Waals surface area contributed by atoms with Crippen LogP contribution in [0.5, 0.6) is 5.75 Å². The molecule has 6 nitrogen and oxygen atoms in total. The summed E-state index contributed by atoms with van der Waals surface area (Å²) in [5, 5.41) is 3.45. The van der Waals surface area contributed by atoms with E-state index in [9.17, 15) is 0 Å². The molecule has 0 spiro atoms. The molecule has 158 valence electrons. The van der Waals surface area contributed by atoms with Crippen molar-refractivity contribution in [2.75, 3.05) is 7.05 Å². The Labute approximate surface area is 193 Å². The minimum absolute atomic E-state index is 0.273. The van der Waals surface area contributed by atoms with Gasteiger partial charge < -0.3 is 10.5 Å². The quantitative estimate of drug-likeness (QED) is 0.299. The first-order valence-corrected chi connectivity index (χ1v) is 11.5. The molecule has 0 radical (unpaired) electrons. The molecule has 0 bridgehead atoms. The predicted molar refractivity (Wildman–Crippen MR) is 128 cm³/mol. The Bertz CT molecular complexity index is 1290. The number of benzene rings is 1. The predicted octanol–water partition coefficient (Wildman–Crippen LogP) is 5.42. The summed E-state index contributed by atoms with van der Waals surface area (Å²) in [5.74, 6) is 1.11. The minimum atomic E-state index is 0.273. The Hall–Kier alpha value is -2.68. The van der Waals surface area contributed by atoms with Crippen LogP contribution in [0.15, 0.2) is 56.3 Å². The zero-order chi connectivity index (χ0) is 22.0. The van der Waals surface area contributed by atoms with Crippen molar-refractivity contribution in [3.63, 3.8) is 0 Å². The maximum absolute atomic E-state index is 6.48. The van der Waals surface area contributed by atoms with Crippen LogP contribution in [-0.2, 0) is 6.61 Å². The van der Waals surface area contributed by atoms with Gasteiger partial charge in [0.05, 0.1) is 5.02 Å². The van der Waals surface area contributed by atoms with Crippen LogP contribution in [0, 0.1) is 13.8 Å². The summed E-state index contributed by atoms with van der Waals surface area (Å²) in [6.07, 6.45) is 3.41. The van der Waals surface area contributed by atoms with Gasteiger partial charge in [-0.3, -0.25) is 9.98 Å². The van der Waals surface area contributed by atoms with E-state index in [4.69, 9.17) is 22.1 Å². The normalized spacial score (nSPS) is 11.8. The van der Waals surface area contributed by atoms with E-state index in [1.54, 1.807) is 30.8 Å². The van der Waals surface area contributed by atoms with Crippen molar-refractivity contribution < 1.29 is 4.74 Å². The van der Waals surface area contributed by atoms with E-state index in [0.29, 0.717) is 16.6 Å². The van der Waals surface area contributed by atoms with Crippen molar-refractivity contribution >= 4 is 51.4 Å². The molecule has 9 heteroatoms. The number of nitrogens with zero attached hydrogens (tertiary/aromatic N) is 4. The van der Waals surface area contributed by atoms with E-state index >= 15 is 0 Å². The number of fused-ring (bicyclic) bond motifs is 1. The monoisotopic (exact) mass is 469 g/mol. The van der Waals surface area contributed by atoms with Crippen LogP contribution in [0.4, 0.5) is 0 Å². The van der Waals surface area contributed by atoms with Crippen LogP contribution >= 0.6 is 34.7 Å². The van der Waals surface area contributed by atoms with Crippen molar-refractivity contribution in [2.45, 2.75) is 29.7 Å². The second-order valence-corrected chi connectivity index (χ2v) is 9.37. The number of rotatable bonds is 6. The van der Waals surface area contributed by atoms with Crippen LogP contribution in [0.2, 0.25) is 5.02 Å². The van der Waals surface area contributed by atoms with Crippen molar-refractivity contribution in [1.29, 1.82) is 0 Å². The number of halogens is 1. The van der Waals surface area contributed by atoms with E-state index in [2.05, 4.69) is 19.9 Å². The lowest BCUT2D eigenvalue weighted by atomic mass is 10.1. The number of aromatic nitrogens is 3. The fourth-order valence-electron chi connectivity index (χ4n) is 3.09. The number of nitrogens with two attached hydrogens (primary N) is 1. The molecule has 2 N–H and O–H groups in total. The number of hydrogen-bond donors (Lipinski definition) is 1. The Morgan fingerprint density at radius 2 is 2.06 bits per heavy atom. The van der Waals surface area contributed by atoms with Crippen molar-refractivity contribution in [1.82, 2.24) is 15.0 Å². The summed E-state index contributed by atoms with van der Waals surface area (Å²) in [7, 11) is 1.67. The molecular weight excluding hydrogens is 450 g/mol. The maximum atomic E-state index is 6.48. The fraction of sp³-hybridized carbons (Fsp3) is 0.182. The van der Waals surface area contributed by atoms with Crippen LogP contribution in [-0.4, -0.2) is 27.8 Å². The molecule has 4 rings (SSSR count). The van der Waals surface area contributed by atoms with Crippen molar-refractivity contribution in [3.8, 4) is 5.75 Å². The molecule has 0 saturated carbocycles. The molecule has 1 aromatic carbocycles. The molecule has 0 aliphatic heterocycles. The summed E-state index contributed by atoms with van der Waals surface area (Å²) in [6, 6.07) is 7.71. The van der Waals surface area contributed by atoms with E-state index in [1.807, 2.05) is 43.5 Å². The number of para-hydroxylation sites is 1. The molecule has 4 aromatic rings. The Kier molecular flexibility index (Phi) is 6.41. The highest BCUT2D eigenvalue weighted by Gasteiger charge is 2.15. The summed E-state index contributed by atoms with van der Waals surface area (Å²) >= 11 is 9.60. The SMILES string of the molecule is CN=C(N)c1cc(C)nc2c(OCc3c(Cl)cncc3Sc3nc(C)cs3)cccc12. The average Bonchev–Trinajstić information content (AvgIpc) is 3.17. The summed E-state index contributed by atoms with van der Waals surface area (Å²) in [4.78, 5) is 18.5. The first kappa shape index (κ1) is 21.5. The van der Waals surface area contributed by atoms with Crippen LogP contribution in [0.3, 0.4) is 0 Å². The molecular formula is C22H20ClN5OS2. The smallest absolute Gasteiger partial charge is 0.154 e. The fourth-order valence-corrected chi connectivity index (χ4v) is 5.27. The number of amidine groups is 1. The zero-order valence-electron chi connectivity index (χ0n) is 17.2. The van der Waals surface area contributed by atoms with Gasteiger partial charge in [-0.15, -0.1) is 11.3 Å². The molecule has 0 saturated heterocycles. The van der Waals surface area contributed by atoms with Gasteiger partial charge in [0, 0.05) is 57.6 Å². The summed E-state index contributed by atoms with van der Waals surface area (Å²) in [6.45, 7) is 4.17. The Morgan fingerprint density at radius 3 is 2.81 bits per heavy atom. The highest BCUT2D eigenvalue weighted by molar-refractivity contribution is 8.01. The van der Waals surface area contributed by atoms with Crippen LogP contribution < -0.4 is 10.5 Å². The molecule has 0 amide bonds. The number of hydrogen-bond acceptors (Lipinski definition) is 7. The number of thiazole rings is 1.